The van der Waals surface area contributed by atoms with Gasteiger partial charge in [-0.1, -0.05) is 0 Å². The summed E-state index contributed by atoms with van der Waals surface area (Å²) in [5, 5.41) is 7.15. The maximum absolute atomic E-state index is 13.0. The van der Waals surface area contributed by atoms with Crippen molar-refractivity contribution in [2.75, 3.05) is 13.2 Å². The number of amides is 1. The second kappa shape index (κ2) is 8.12. The number of rotatable bonds is 5. The van der Waals surface area contributed by atoms with E-state index in [-0.39, 0.29) is 24.4 Å². The molecule has 0 spiro atoms. The monoisotopic (exact) mass is 382 g/mol. The molecule has 3 aromatic rings. The fourth-order valence-corrected chi connectivity index (χ4v) is 3.23. The summed E-state index contributed by atoms with van der Waals surface area (Å²) in [7, 11) is 0. The van der Waals surface area contributed by atoms with Gasteiger partial charge < -0.3 is 9.64 Å². The fraction of sp³-hybridized carbons (Fsp3) is 0.316. The van der Waals surface area contributed by atoms with E-state index in [1.165, 1.54) is 24.3 Å². The number of aromatic amines is 1. The third-order valence-corrected chi connectivity index (χ3v) is 4.61. The first-order valence-corrected chi connectivity index (χ1v) is 9.07. The van der Waals surface area contributed by atoms with Crippen molar-refractivity contribution in [1.82, 2.24) is 30.0 Å². The number of hydrogen-bond donors (Lipinski definition) is 1. The van der Waals surface area contributed by atoms with E-state index in [9.17, 15) is 9.18 Å². The predicted molar refractivity (Wildman–Crippen MR) is 97.6 cm³/mol. The van der Waals surface area contributed by atoms with Crippen LogP contribution in [-0.4, -0.2) is 49.1 Å². The first-order valence-electron chi connectivity index (χ1n) is 9.07. The number of H-pyrrole nitrogens is 1. The average molecular weight is 382 g/mol. The number of nitrogens with zero attached hydrogens (tertiary/aromatic N) is 5. The smallest absolute Gasteiger partial charge is 0.261 e. The van der Waals surface area contributed by atoms with Gasteiger partial charge in [-0.25, -0.2) is 14.4 Å². The van der Waals surface area contributed by atoms with Crippen molar-refractivity contribution in [3.8, 4) is 17.3 Å². The van der Waals surface area contributed by atoms with Gasteiger partial charge in [-0.05, 0) is 43.5 Å². The molecule has 1 amide bonds. The minimum absolute atomic E-state index is 0.118. The summed E-state index contributed by atoms with van der Waals surface area (Å²) in [5.74, 6) is 1.03. The van der Waals surface area contributed by atoms with E-state index in [0.717, 1.165) is 19.3 Å². The number of halogens is 1. The van der Waals surface area contributed by atoms with Gasteiger partial charge in [-0.15, -0.1) is 0 Å². The molecule has 0 radical (unpaired) electrons. The lowest BCUT2D eigenvalue weighted by Crippen LogP contribution is -2.41. The number of aromatic nitrogens is 5. The molecule has 2 aromatic heterocycles. The Morgan fingerprint density at radius 1 is 1.25 bits per heavy atom. The van der Waals surface area contributed by atoms with Crippen LogP contribution in [0.1, 0.15) is 31.1 Å². The minimum Gasteiger partial charge on any atom is -0.484 e. The molecule has 1 fully saturated rings. The summed E-state index contributed by atoms with van der Waals surface area (Å²) in [6, 6.07) is 5.40. The topological polar surface area (TPSA) is 96.9 Å². The molecule has 28 heavy (non-hydrogen) atoms. The zero-order chi connectivity index (χ0) is 19.3. The Hall–Kier alpha value is -3.36. The summed E-state index contributed by atoms with van der Waals surface area (Å²) in [6.45, 7) is 0.505. The molecule has 0 bridgehead atoms. The lowest BCUT2D eigenvalue weighted by molar-refractivity contribution is -0.137. The normalized spacial score (nSPS) is 16.8. The number of carbonyl (C=O) groups excluding carboxylic acids is 1. The van der Waals surface area contributed by atoms with Gasteiger partial charge >= 0.3 is 0 Å². The van der Waals surface area contributed by atoms with Crippen molar-refractivity contribution in [1.29, 1.82) is 0 Å². The van der Waals surface area contributed by atoms with Crippen LogP contribution in [0.15, 0.2) is 42.9 Å². The van der Waals surface area contributed by atoms with Gasteiger partial charge in [0.25, 0.3) is 5.91 Å². The molecule has 144 valence electrons. The predicted octanol–water partition coefficient (Wildman–Crippen LogP) is 2.53. The summed E-state index contributed by atoms with van der Waals surface area (Å²) < 4.78 is 18.5. The molecule has 1 N–H and O–H groups in total. The van der Waals surface area contributed by atoms with Crippen LogP contribution < -0.4 is 4.74 Å². The SMILES string of the molecule is O=C(COc1ccc(F)cc1)N1CCCCC1c1nc(-c2cnccn2)n[nH]1. The van der Waals surface area contributed by atoms with Crippen LogP contribution in [0.3, 0.4) is 0 Å². The van der Waals surface area contributed by atoms with E-state index in [0.29, 0.717) is 29.6 Å². The van der Waals surface area contributed by atoms with Crippen molar-refractivity contribution in [2.45, 2.75) is 25.3 Å². The van der Waals surface area contributed by atoms with Crippen LogP contribution in [0.4, 0.5) is 4.39 Å². The van der Waals surface area contributed by atoms with E-state index in [2.05, 4.69) is 25.1 Å². The molecule has 4 rings (SSSR count). The highest BCUT2D eigenvalue weighted by Gasteiger charge is 2.30. The second-order valence-corrected chi connectivity index (χ2v) is 6.48. The molecule has 8 nitrogen and oxygen atoms in total. The van der Waals surface area contributed by atoms with E-state index < -0.39 is 0 Å². The second-order valence-electron chi connectivity index (χ2n) is 6.48. The van der Waals surface area contributed by atoms with E-state index >= 15 is 0 Å². The van der Waals surface area contributed by atoms with Crippen molar-refractivity contribution < 1.29 is 13.9 Å². The Morgan fingerprint density at radius 3 is 2.89 bits per heavy atom. The molecule has 1 atom stereocenters. The number of nitrogens with one attached hydrogen (secondary N) is 1. The average Bonchev–Trinajstić information content (AvgIpc) is 3.24. The molecule has 1 unspecified atom stereocenters. The zero-order valence-corrected chi connectivity index (χ0v) is 15.1. The molecule has 1 aliphatic heterocycles. The first kappa shape index (κ1) is 18.0. The number of ether oxygens (including phenoxy) is 1. The van der Waals surface area contributed by atoms with Crippen LogP contribution in [-0.2, 0) is 4.79 Å². The molecular weight excluding hydrogens is 363 g/mol. The van der Waals surface area contributed by atoms with Gasteiger partial charge in [0.2, 0.25) is 5.82 Å². The van der Waals surface area contributed by atoms with Crippen LogP contribution >= 0.6 is 0 Å². The van der Waals surface area contributed by atoms with Gasteiger partial charge in [-0.3, -0.25) is 14.9 Å². The van der Waals surface area contributed by atoms with Crippen molar-refractivity contribution in [3.63, 3.8) is 0 Å². The Balaban J connectivity index is 1.46. The summed E-state index contributed by atoms with van der Waals surface area (Å²) in [4.78, 5) is 27.2. The molecule has 1 aromatic carbocycles. The van der Waals surface area contributed by atoms with Crippen molar-refractivity contribution in [2.24, 2.45) is 0 Å². The van der Waals surface area contributed by atoms with Crippen molar-refractivity contribution in [3.05, 3.63) is 54.5 Å². The number of benzene rings is 1. The van der Waals surface area contributed by atoms with E-state index in [1.807, 2.05) is 0 Å². The fourth-order valence-electron chi connectivity index (χ4n) is 3.23. The lowest BCUT2D eigenvalue weighted by Gasteiger charge is -2.34. The summed E-state index contributed by atoms with van der Waals surface area (Å²) in [5.41, 5.74) is 0.568. The number of hydrogen-bond acceptors (Lipinski definition) is 6. The third kappa shape index (κ3) is 3.98. The molecule has 3 heterocycles. The maximum atomic E-state index is 13.0. The first-order chi connectivity index (χ1) is 13.7. The summed E-state index contributed by atoms with van der Waals surface area (Å²) >= 11 is 0. The molecule has 1 saturated heterocycles. The van der Waals surface area contributed by atoms with Crippen LogP contribution in [0.2, 0.25) is 0 Å². The highest BCUT2D eigenvalue weighted by atomic mass is 19.1. The molecule has 1 aliphatic rings. The number of likely N-dealkylation sites (tertiary alicyclic amines) is 1. The van der Waals surface area contributed by atoms with Gasteiger partial charge in [0.05, 0.1) is 12.2 Å². The molecular formula is C19H19FN6O2. The highest BCUT2D eigenvalue weighted by molar-refractivity contribution is 5.78. The zero-order valence-electron chi connectivity index (χ0n) is 15.1. The summed E-state index contributed by atoms with van der Waals surface area (Å²) in [6.07, 6.45) is 7.46. The maximum Gasteiger partial charge on any atom is 0.261 e. The largest absolute Gasteiger partial charge is 0.484 e. The highest BCUT2D eigenvalue weighted by Crippen LogP contribution is 2.29. The van der Waals surface area contributed by atoms with Crippen LogP contribution in [0, 0.1) is 5.82 Å². The Morgan fingerprint density at radius 2 is 2.11 bits per heavy atom. The van der Waals surface area contributed by atoms with Gasteiger partial charge in [0.15, 0.2) is 6.61 Å². The third-order valence-electron chi connectivity index (χ3n) is 4.61. The van der Waals surface area contributed by atoms with E-state index in [1.54, 1.807) is 23.5 Å². The van der Waals surface area contributed by atoms with Gasteiger partial charge in [0.1, 0.15) is 23.1 Å². The van der Waals surface area contributed by atoms with E-state index in [4.69, 9.17) is 4.74 Å². The Kier molecular flexibility index (Phi) is 5.22. The minimum atomic E-state index is -0.348. The van der Waals surface area contributed by atoms with Gasteiger partial charge in [0, 0.05) is 18.9 Å². The van der Waals surface area contributed by atoms with Crippen LogP contribution in [0.5, 0.6) is 5.75 Å². The van der Waals surface area contributed by atoms with Crippen LogP contribution in [0.25, 0.3) is 11.5 Å². The Labute approximate surface area is 160 Å². The quantitative estimate of drug-likeness (QED) is 0.728. The number of carbonyl (C=O) groups is 1. The van der Waals surface area contributed by atoms with Gasteiger partial charge in [-0.2, -0.15) is 5.10 Å². The lowest BCUT2D eigenvalue weighted by atomic mass is 10.0. The molecule has 0 aliphatic carbocycles. The van der Waals surface area contributed by atoms with Crippen molar-refractivity contribution >= 4 is 5.91 Å². The Bertz CT molecular complexity index is 931. The molecule has 9 heteroatoms. The number of piperidine rings is 1. The molecule has 0 saturated carbocycles. The standard InChI is InChI=1S/C19H19FN6O2/c20-13-4-6-14(7-5-13)28-12-17(27)26-10-2-1-3-16(26)19-23-18(24-25-19)15-11-21-8-9-22-15/h4-9,11,16H,1-3,10,12H2,(H,23,24,25).